The molecule has 0 rings (SSSR count). The predicted octanol–water partition coefficient (Wildman–Crippen LogP) is -4.33. The molecule has 0 spiro atoms. The van der Waals surface area contributed by atoms with Gasteiger partial charge in [-0.1, -0.05) is 0 Å². The van der Waals surface area contributed by atoms with Gasteiger partial charge >= 0.3 is 5.97 Å². The van der Waals surface area contributed by atoms with Gasteiger partial charge in [0.1, 0.15) is 18.1 Å². The van der Waals surface area contributed by atoms with Crippen LogP contribution in [-0.2, 0) is 24.0 Å². The fourth-order valence-electron chi connectivity index (χ4n) is 1.63. The Bertz CT molecular complexity index is 559. The molecule has 0 heterocycles. The molecule has 26 heavy (non-hydrogen) atoms. The second kappa shape index (κ2) is 11.3. The topological polar surface area (TPSA) is 214 Å². The zero-order valence-corrected chi connectivity index (χ0v) is 14.9. The number of nitrogens with one attached hydrogen (secondary N) is 3. The Morgan fingerprint density at radius 3 is 1.96 bits per heavy atom. The first kappa shape index (κ1) is 23.6. The Morgan fingerprint density at radius 2 is 1.54 bits per heavy atom. The van der Waals surface area contributed by atoms with Gasteiger partial charge in [0.2, 0.25) is 23.6 Å². The van der Waals surface area contributed by atoms with Gasteiger partial charge in [-0.2, -0.15) is 12.6 Å². The largest absolute Gasteiger partial charge is 0.480 e. The molecule has 0 saturated carbocycles. The third-order valence-electron chi connectivity index (χ3n) is 3.12. The van der Waals surface area contributed by atoms with E-state index in [1.807, 2.05) is 5.32 Å². The van der Waals surface area contributed by atoms with Crippen LogP contribution >= 0.6 is 12.6 Å². The zero-order chi connectivity index (χ0) is 20.4. The Balaban J connectivity index is 4.79. The first-order chi connectivity index (χ1) is 12.0. The van der Waals surface area contributed by atoms with E-state index in [1.54, 1.807) is 0 Å². The Kier molecular flexibility index (Phi) is 10.2. The van der Waals surface area contributed by atoms with Gasteiger partial charge in [0, 0.05) is 5.75 Å². The van der Waals surface area contributed by atoms with Crippen LogP contribution in [0, 0.1) is 0 Å². The molecule has 9 N–H and O–H groups in total. The smallest absolute Gasteiger partial charge is 0.326 e. The summed E-state index contributed by atoms with van der Waals surface area (Å²) in [4.78, 5) is 57.4. The van der Waals surface area contributed by atoms with Crippen LogP contribution in [0.2, 0.25) is 0 Å². The summed E-state index contributed by atoms with van der Waals surface area (Å²) in [5.41, 5.74) is 10.3. The summed E-state index contributed by atoms with van der Waals surface area (Å²) in [6.07, 6.45) is -0.626. The minimum absolute atomic E-state index is 0.0147. The fraction of sp³-hybridized carbons (Fsp3) is 0.615. The molecule has 0 aromatic carbocycles. The number of nitrogens with two attached hydrogens (primary N) is 2. The maximum atomic E-state index is 12.0. The Labute approximate surface area is 154 Å². The van der Waals surface area contributed by atoms with E-state index < -0.39 is 66.8 Å². The van der Waals surface area contributed by atoms with Crippen molar-refractivity contribution >= 4 is 42.2 Å². The molecule has 0 radical (unpaired) electrons. The molecule has 4 amide bonds. The van der Waals surface area contributed by atoms with Crippen LogP contribution in [0.15, 0.2) is 0 Å². The highest BCUT2D eigenvalue weighted by Crippen LogP contribution is 1.95. The van der Waals surface area contributed by atoms with Gasteiger partial charge in [0.15, 0.2) is 0 Å². The van der Waals surface area contributed by atoms with Crippen molar-refractivity contribution < 1.29 is 34.2 Å². The van der Waals surface area contributed by atoms with Crippen molar-refractivity contribution in [1.82, 2.24) is 16.0 Å². The standard InChI is InChI=1S/C13H23N5O7S/c1-5(10(21)17-7(13(24)25)2-9(15)20)16-12(23)8(3-19)18-11(22)6(14)4-26/h5-8,19,26H,2-4,14H2,1H3,(H2,15,20)(H,16,23)(H,17,21)(H,18,22)(H,24,25). The molecule has 0 aliphatic rings. The van der Waals surface area contributed by atoms with Crippen LogP contribution in [0.3, 0.4) is 0 Å². The highest BCUT2D eigenvalue weighted by Gasteiger charge is 2.28. The van der Waals surface area contributed by atoms with E-state index in [9.17, 15) is 29.1 Å². The van der Waals surface area contributed by atoms with Gasteiger partial charge in [0.25, 0.3) is 0 Å². The van der Waals surface area contributed by atoms with Crippen molar-refractivity contribution in [2.24, 2.45) is 11.5 Å². The summed E-state index contributed by atoms with van der Waals surface area (Å²) < 4.78 is 0. The van der Waals surface area contributed by atoms with Crippen molar-refractivity contribution in [2.45, 2.75) is 37.5 Å². The van der Waals surface area contributed by atoms with E-state index in [0.717, 1.165) is 0 Å². The monoisotopic (exact) mass is 393 g/mol. The van der Waals surface area contributed by atoms with E-state index in [2.05, 4.69) is 23.3 Å². The van der Waals surface area contributed by atoms with Crippen molar-refractivity contribution in [2.75, 3.05) is 12.4 Å². The summed E-state index contributed by atoms with van der Waals surface area (Å²) in [6, 6.07) is -5.14. The lowest BCUT2D eigenvalue weighted by Crippen LogP contribution is -2.57. The molecule has 12 nitrogen and oxygen atoms in total. The zero-order valence-electron chi connectivity index (χ0n) is 14.0. The number of aliphatic carboxylic acids is 1. The van der Waals surface area contributed by atoms with Crippen molar-refractivity contribution in [3.05, 3.63) is 0 Å². The first-order valence-electron chi connectivity index (χ1n) is 7.43. The van der Waals surface area contributed by atoms with E-state index in [0.29, 0.717) is 0 Å². The van der Waals surface area contributed by atoms with Gasteiger partial charge in [0.05, 0.1) is 19.1 Å². The van der Waals surface area contributed by atoms with E-state index in [-0.39, 0.29) is 5.75 Å². The van der Waals surface area contributed by atoms with Crippen LogP contribution < -0.4 is 27.4 Å². The quantitative estimate of drug-likeness (QED) is 0.160. The summed E-state index contributed by atoms with van der Waals surface area (Å²) in [5, 5.41) is 24.6. The van der Waals surface area contributed by atoms with Gasteiger partial charge in [-0.25, -0.2) is 4.79 Å². The first-order valence-corrected chi connectivity index (χ1v) is 8.06. The predicted molar refractivity (Wildman–Crippen MR) is 91.8 cm³/mol. The third-order valence-corrected chi connectivity index (χ3v) is 3.51. The second-order valence-electron chi connectivity index (χ2n) is 5.33. The number of thiol groups is 1. The molecule has 0 aromatic heterocycles. The number of carboxylic acids is 1. The normalized spacial score (nSPS) is 15.1. The molecule has 0 aliphatic carbocycles. The molecule has 0 fully saturated rings. The fourth-order valence-corrected chi connectivity index (χ4v) is 1.80. The number of hydrogen-bond donors (Lipinski definition) is 8. The third kappa shape index (κ3) is 8.13. The Morgan fingerprint density at radius 1 is 1.00 bits per heavy atom. The molecule has 0 aromatic rings. The number of hydrogen-bond acceptors (Lipinski definition) is 8. The number of carboxylic acid groups (broad SMARTS) is 1. The number of aliphatic hydroxyl groups is 1. The highest BCUT2D eigenvalue weighted by molar-refractivity contribution is 7.80. The molecule has 0 saturated heterocycles. The highest BCUT2D eigenvalue weighted by atomic mass is 32.1. The minimum atomic E-state index is -1.55. The molecule has 13 heteroatoms. The average Bonchev–Trinajstić information content (AvgIpc) is 2.56. The van der Waals surface area contributed by atoms with Crippen LogP contribution in [0.1, 0.15) is 13.3 Å². The summed E-state index contributed by atoms with van der Waals surface area (Å²) in [7, 11) is 0. The molecule has 0 aliphatic heterocycles. The van der Waals surface area contributed by atoms with Crippen molar-refractivity contribution in [1.29, 1.82) is 0 Å². The lowest BCUT2D eigenvalue weighted by molar-refractivity contribution is -0.143. The number of carbonyl (C=O) groups excluding carboxylic acids is 4. The lowest BCUT2D eigenvalue weighted by Gasteiger charge is -2.22. The maximum Gasteiger partial charge on any atom is 0.326 e. The van der Waals surface area contributed by atoms with E-state index >= 15 is 0 Å². The average molecular weight is 393 g/mol. The molecular weight excluding hydrogens is 370 g/mol. The number of rotatable bonds is 11. The van der Waals surface area contributed by atoms with Crippen LogP contribution in [0.25, 0.3) is 0 Å². The summed E-state index contributed by atoms with van der Waals surface area (Å²) in [6.45, 7) is 0.483. The second-order valence-corrected chi connectivity index (χ2v) is 5.70. The lowest BCUT2D eigenvalue weighted by atomic mass is 10.1. The molecule has 4 unspecified atom stereocenters. The minimum Gasteiger partial charge on any atom is -0.480 e. The van der Waals surface area contributed by atoms with Crippen LogP contribution in [-0.4, -0.2) is 76.3 Å². The van der Waals surface area contributed by atoms with Gasteiger partial charge < -0.3 is 37.6 Å². The van der Waals surface area contributed by atoms with Gasteiger partial charge in [-0.05, 0) is 6.92 Å². The van der Waals surface area contributed by atoms with Crippen molar-refractivity contribution in [3.8, 4) is 0 Å². The van der Waals surface area contributed by atoms with E-state index in [1.165, 1.54) is 6.92 Å². The Hall–Kier alpha value is -2.38. The van der Waals surface area contributed by atoms with Gasteiger partial charge in [-0.15, -0.1) is 0 Å². The molecular formula is C13H23N5O7S. The maximum absolute atomic E-state index is 12.0. The van der Waals surface area contributed by atoms with Gasteiger partial charge in [-0.3, -0.25) is 19.2 Å². The number of aliphatic hydroxyl groups excluding tert-OH is 1. The van der Waals surface area contributed by atoms with Crippen LogP contribution in [0.4, 0.5) is 0 Å². The van der Waals surface area contributed by atoms with E-state index in [4.69, 9.17) is 16.6 Å². The molecule has 0 bridgehead atoms. The van der Waals surface area contributed by atoms with Crippen LogP contribution in [0.5, 0.6) is 0 Å². The SMILES string of the molecule is CC(NC(=O)C(CO)NC(=O)C(N)CS)C(=O)NC(CC(N)=O)C(=O)O. The number of carbonyl (C=O) groups is 5. The number of primary amides is 1. The molecule has 4 atom stereocenters. The van der Waals surface area contributed by atoms with Crippen molar-refractivity contribution in [3.63, 3.8) is 0 Å². The molecule has 148 valence electrons. The summed E-state index contributed by atoms with van der Waals surface area (Å²) >= 11 is 3.83. The number of amides is 4. The summed E-state index contributed by atoms with van der Waals surface area (Å²) in [5.74, 6) is -4.91.